The third kappa shape index (κ3) is 10.4. The molecule has 64 valence electrons. The second-order valence-electron chi connectivity index (χ2n) is 2.15. The third-order valence-electron chi connectivity index (χ3n) is 0.845. The average Bonchev–Trinajstić information content (AvgIpc) is 1.85. The van der Waals surface area contributed by atoms with Gasteiger partial charge in [-0.2, -0.15) is 0 Å². The molecule has 0 heterocycles. The first kappa shape index (κ1) is 11.4. The van der Waals surface area contributed by atoms with Crippen LogP contribution >= 0.6 is 35.0 Å². The summed E-state index contributed by atoms with van der Waals surface area (Å²) < 4.78 is 0. The van der Waals surface area contributed by atoms with E-state index in [4.69, 9.17) is 23.2 Å². The number of thioether (sulfide) groups is 1. The van der Waals surface area contributed by atoms with E-state index in [0.717, 1.165) is 0 Å². The standard InChI is InChI=1S/C8H12Cl2S/c1-7(9)3-5-11-6-4-8(2)10/h3-8H,1-2H3. The molecular weight excluding hydrogens is 199 g/mol. The highest BCUT2D eigenvalue weighted by Crippen LogP contribution is 2.08. The molecule has 2 atom stereocenters. The lowest BCUT2D eigenvalue weighted by Gasteiger charge is -1.90. The van der Waals surface area contributed by atoms with Gasteiger partial charge in [0.1, 0.15) is 0 Å². The molecule has 2 unspecified atom stereocenters. The number of alkyl halides is 2. The van der Waals surface area contributed by atoms with Crippen LogP contribution in [0.4, 0.5) is 0 Å². The van der Waals surface area contributed by atoms with Gasteiger partial charge in [-0.05, 0) is 24.7 Å². The Balaban J connectivity index is 3.41. The molecule has 0 nitrogen and oxygen atoms in total. The van der Waals surface area contributed by atoms with E-state index in [2.05, 4.69) is 0 Å². The van der Waals surface area contributed by atoms with Gasteiger partial charge in [-0.1, -0.05) is 12.2 Å². The fourth-order valence-corrected chi connectivity index (χ4v) is 1.41. The summed E-state index contributed by atoms with van der Waals surface area (Å²) in [5, 5.41) is 4.11. The van der Waals surface area contributed by atoms with E-state index in [-0.39, 0.29) is 10.8 Å². The zero-order chi connectivity index (χ0) is 8.69. The van der Waals surface area contributed by atoms with Crippen LogP contribution in [0.2, 0.25) is 0 Å². The van der Waals surface area contributed by atoms with E-state index >= 15 is 0 Å². The molecule has 0 saturated heterocycles. The first-order chi connectivity index (χ1) is 5.13. The maximum atomic E-state index is 5.67. The van der Waals surface area contributed by atoms with E-state index in [1.807, 2.05) is 36.8 Å². The number of hydrogen-bond acceptors (Lipinski definition) is 1. The molecule has 0 fully saturated rings. The second kappa shape index (κ2) is 7.08. The smallest absolute Gasteiger partial charge is 0.0495 e. The minimum Gasteiger partial charge on any atom is -0.119 e. The van der Waals surface area contributed by atoms with Crippen molar-refractivity contribution < 1.29 is 0 Å². The van der Waals surface area contributed by atoms with Crippen LogP contribution in [-0.4, -0.2) is 10.8 Å². The molecular formula is C8H12Cl2S. The Morgan fingerprint density at radius 3 is 1.64 bits per heavy atom. The average molecular weight is 211 g/mol. The second-order valence-corrected chi connectivity index (χ2v) is 4.34. The van der Waals surface area contributed by atoms with E-state index in [9.17, 15) is 0 Å². The molecule has 0 rings (SSSR count). The van der Waals surface area contributed by atoms with Crippen molar-refractivity contribution in [1.29, 1.82) is 0 Å². The highest BCUT2D eigenvalue weighted by molar-refractivity contribution is 8.04. The maximum absolute atomic E-state index is 5.67. The van der Waals surface area contributed by atoms with Gasteiger partial charge in [0.2, 0.25) is 0 Å². The van der Waals surface area contributed by atoms with Crippen molar-refractivity contribution in [2.75, 3.05) is 0 Å². The molecule has 0 amide bonds. The lowest BCUT2D eigenvalue weighted by atomic mass is 10.5. The molecule has 0 spiro atoms. The summed E-state index contributed by atoms with van der Waals surface area (Å²) in [6.07, 6.45) is 3.85. The summed E-state index contributed by atoms with van der Waals surface area (Å²) in [5.41, 5.74) is 0. The SMILES string of the molecule is CC(Cl)C=CSC=CC(C)Cl. The number of hydrogen-bond donors (Lipinski definition) is 0. The van der Waals surface area contributed by atoms with Crippen LogP contribution in [0, 0.1) is 0 Å². The van der Waals surface area contributed by atoms with Gasteiger partial charge in [-0.15, -0.1) is 35.0 Å². The Morgan fingerprint density at radius 2 is 1.36 bits per heavy atom. The first-order valence-corrected chi connectivity index (χ1v) is 5.21. The highest BCUT2D eigenvalue weighted by atomic mass is 35.5. The lowest BCUT2D eigenvalue weighted by Crippen LogP contribution is -1.79. The molecule has 11 heavy (non-hydrogen) atoms. The number of halogens is 2. The summed E-state index contributed by atoms with van der Waals surface area (Å²) in [6.45, 7) is 3.85. The molecule has 3 heteroatoms. The molecule has 0 aromatic rings. The summed E-state index contributed by atoms with van der Waals surface area (Å²) in [7, 11) is 0. The summed E-state index contributed by atoms with van der Waals surface area (Å²) >= 11 is 12.9. The summed E-state index contributed by atoms with van der Waals surface area (Å²) in [4.78, 5) is 0. The van der Waals surface area contributed by atoms with Crippen LogP contribution in [0.3, 0.4) is 0 Å². The molecule has 0 radical (unpaired) electrons. The summed E-state index contributed by atoms with van der Waals surface area (Å²) in [6, 6.07) is 0. The van der Waals surface area contributed by atoms with Gasteiger partial charge in [-0.25, -0.2) is 0 Å². The van der Waals surface area contributed by atoms with Gasteiger partial charge in [0, 0.05) is 10.8 Å². The maximum Gasteiger partial charge on any atom is 0.0495 e. The van der Waals surface area contributed by atoms with Gasteiger partial charge in [0.25, 0.3) is 0 Å². The topological polar surface area (TPSA) is 0 Å². The molecule has 0 bridgehead atoms. The Hall–Kier alpha value is 0.410. The predicted octanol–water partition coefficient (Wildman–Crippen LogP) is 4.00. The Bertz CT molecular complexity index is 123. The van der Waals surface area contributed by atoms with Crippen molar-refractivity contribution in [2.45, 2.75) is 24.6 Å². The number of rotatable bonds is 4. The normalized spacial score (nSPS) is 17.8. The van der Waals surface area contributed by atoms with Crippen molar-refractivity contribution in [2.24, 2.45) is 0 Å². The molecule has 0 aromatic heterocycles. The van der Waals surface area contributed by atoms with Gasteiger partial charge >= 0.3 is 0 Å². The lowest BCUT2D eigenvalue weighted by molar-refractivity contribution is 1.23. The van der Waals surface area contributed by atoms with Gasteiger partial charge in [-0.3, -0.25) is 0 Å². The van der Waals surface area contributed by atoms with E-state index < -0.39 is 0 Å². The van der Waals surface area contributed by atoms with E-state index in [1.165, 1.54) is 0 Å². The molecule has 0 aromatic carbocycles. The van der Waals surface area contributed by atoms with Crippen LogP contribution in [0.1, 0.15) is 13.8 Å². The van der Waals surface area contributed by atoms with Crippen molar-refractivity contribution in [1.82, 2.24) is 0 Å². The Labute approximate surface area is 82.6 Å². The van der Waals surface area contributed by atoms with Gasteiger partial charge < -0.3 is 0 Å². The summed E-state index contributed by atoms with van der Waals surface area (Å²) in [5.74, 6) is 0. The zero-order valence-electron chi connectivity index (χ0n) is 6.63. The van der Waals surface area contributed by atoms with Gasteiger partial charge in [0.15, 0.2) is 0 Å². The molecule has 0 aliphatic rings. The quantitative estimate of drug-likeness (QED) is 0.633. The van der Waals surface area contributed by atoms with Crippen LogP contribution in [0.25, 0.3) is 0 Å². The van der Waals surface area contributed by atoms with Crippen LogP contribution in [0.15, 0.2) is 23.0 Å². The molecule has 0 N–H and O–H groups in total. The largest absolute Gasteiger partial charge is 0.119 e. The third-order valence-corrected chi connectivity index (χ3v) is 1.76. The molecule has 0 aliphatic carbocycles. The minimum atomic E-state index is 0.101. The van der Waals surface area contributed by atoms with Crippen LogP contribution < -0.4 is 0 Å². The zero-order valence-corrected chi connectivity index (χ0v) is 8.96. The van der Waals surface area contributed by atoms with Gasteiger partial charge in [0.05, 0.1) is 0 Å². The van der Waals surface area contributed by atoms with Crippen molar-refractivity contribution in [3.8, 4) is 0 Å². The minimum absolute atomic E-state index is 0.101. The fraction of sp³-hybridized carbons (Fsp3) is 0.500. The van der Waals surface area contributed by atoms with Crippen LogP contribution in [0.5, 0.6) is 0 Å². The van der Waals surface area contributed by atoms with Crippen molar-refractivity contribution >= 4 is 35.0 Å². The first-order valence-electron chi connectivity index (χ1n) is 3.40. The Morgan fingerprint density at radius 1 is 1.00 bits per heavy atom. The monoisotopic (exact) mass is 210 g/mol. The molecule has 0 aliphatic heterocycles. The van der Waals surface area contributed by atoms with Crippen molar-refractivity contribution in [3.63, 3.8) is 0 Å². The van der Waals surface area contributed by atoms with Crippen LogP contribution in [-0.2, 0) is 0 Å². The Kier molecular flexibility index (Phi) is 7.34. The number of allylic oxidation sites excluding steroid dienone is 2. The van der Waals surface area contributed by atoms with E-state index in [0.29, 0.717) is 0 Å². The fourth-order valence-electron chi connectivity index (χ4n) is 0.353. The van der Waals surface area contributed by atoms with E-state index in [1.54, 1.807) is 11.8 Å². The molecule has 0 saturated carbocycles. The van der Waals surface area contributed by atoms with Crippen molar-refractivity contribution in [3.05, 3.63) is 23.0 Å². The highest BCUT2D eigenvalue weighted by Gasteiger charge is 1.85. The predicted molar refractivity (Wildman–Crippen MR) is 56.5 cm³/mol.